The third-order valence-electron chi connectivity index (χ3n) is 5.27. The highest BCUT2D eigenvalue weighted by Gasteiger charge is 2.38. The second-order valence-corrected chi connectivity index (χ2v) is 8.52. The molecule has 1 aliphatic rings. The number of benzene rings is 1. The van der Waals surface area contributed by atoms with Crippen LogP contribution in [-0.4, -0.2) is 59.2 Å². The molecule has 7 nitrogen and oxygen atoms in total. The third-order valence-corrected chi connectivity index (χ3v) is 6.24. The number of β-amino-alcohol motifs (C(OH)–C–C–N with tert-alkyl or cyclic N) is 1. The topological polar surface area (TPSA) is 91.8 Å². The molecular weight excluding hydrogens is 426 g/mol. The zero-order valence-corrected chi connectivity index (χ0v) is 20.0. The summed E-state index contributed by atoms with van der Waals surface area (Å²) >= 11 is 1.61. The smallest absolute Gasteiger partial charge is 0.243 e. The molecule has 1 aromatic carbocycles. The predicted molar refractivity (Wildman–Crippen MR) is 127 cm³/mol. The number of ether oxygens (including phenoxy) is 1. The van der Waals surface area contributed by atoms with Crippen LogP contribution in [0.3, 0.4) is 0 Å². The minimum absolute atomic E-state index is 0.108. The molecule has 1 fully saturated rings. The van der Waals surface area contributed by atoms with E-state index in [0.717, 1.165) is 21.7 Å². The number of amides is 2. The Hall–Kier alpha value is -2.55. The summed E-state index contributed by atoms with van der Waals surface area (Å²) < 4.78 is 4.57. The van der Waals surface area contributed by atoms with E-state index in [9.17, 15) is 14.7 Å². The minimum atomic E-state index is -0.645. The molecular formula is C24H33N3O4S. The molecule has 8 heteroatoms. The van der Waals surface area contributed by atoms with Crippen molar-refractivity contribution >= 4 is 23.2 Å². The summed E-state index contributed by atoms with van der Waals surface area (Å²) in [4.78, 5) is 31.6. The first-order valence-electron chi connectivity index (χ1n) is 10.7. The number of aromatic nitrogens is 1. The molecule has 32 heavy (non-hydrogen) atoms. The summed E-state index contributed by atoms with van der Waals surface area (Å²) in [6.45, 7) is 9.97. The Bertz CT molecular complexity index is 897. The van der Waals surface area contributed by atoms with Crippen LogP contribution in [0, 0.1) is 6.92 Å². The Kier molecular flexibility index (Phi) is 10.0. The van der Waals surface area contributed by atoms with Crippen molar-refractivity contribution in [2.45, 2.75) is 51.8 Å². The lowest BCUT2D eigenvalue weighted by Gasteiger charge is -2.25. The summed E-state index contributed by atoms with van der Waals surface area (Å²) in [5.74, 6) is -0.327. The van der Waals surface area contributed by atoms with Gasteiger partial charge in [-0.1, -0.05) is 37.3 Å². The fraction of sp³-hybridized carbons (Fsp3) is 0.458. The molecule has 2 aromatic rings. The molecule has 0 aliphatic carbocycles. The van der Waals surface area contributed by atoms with Gasteiger partial charge in [-0.2, -0.15) is 0 Å². The second-order valence-electron chi connectivity index (χ2n) is 7.67. The largest absolute Gasteiger partial charge is 0.391 e. The van der Waals surface area contributed by atoms with Gasteiger partial charge in [-0.25, -0.2) is 4.98 Å². The zero-order chi connectivity index (χ0) is 23.7. The van der Waals surface area contributed by atoms with Crippen LogP contribution >= 0.6 is 11.3 Å². The Balaban J connectivity index is 0.000000654. The van der Waals surface area contributed by atoms with Crippen molar-refractivity contribution in [2.75, 3.05) is 20.3 Å². The number of likely N-dealkylation sites (tertiary alicyclic amines) is 1. The van der Waals surface area contributed by atoms with Crippen LogP contribution in [0.25, 0.3) is 10.4 Å². The molecule has 2 N–H and O–H groups in total. The van der Waals surface area contributed by atoms with E-state index in [1.54, 1.807) is 31.4 Å². The monoisotopic (exact) mass is 459 g/mol. The molecule has 2 heterocycles. The molecule has 1 aromatic heterocycles. The molecule has 2 unspecified atom stereocenters. The normalized spacial score (nSPS) is 18.5. The van der Waals surface area contributed by atoms with E-state index in [4.69, 9.17) is 0 Å². The van der Waals surface area contributed by atoms with E-state index < -0.39 is 12.1 Å². The van der Waals surface area contributed by atoms with Crippen molar-refractivity contribution in [1.29, 1.82) is 0 Å². The molecule has 0 radical (unpaired) electrons. The average molecular weight is 460 g/mol. The highest BCUT2D eigenvalue weighted by Crippen LogP contribution is 2.28. The maximum Gasteiger partial charge on any atom is 0.243 e. The number of nitrogens with one attached hydrogen (secondary N) is 1. The Morgan fingerprint density at radius 1 is 1.41 bits per heavy atom. The maximum atomic E-state index is 12.7. The van der Waals surface area contributed by atoms with Crippen LogP contribution in [0.15, 0.2) is 42.4 Å². The molecule has 174 valence electrons. The van der Waals surface area contributed by atoms with Gasteiger partial charge in [0, 0.05) is 26.5 Å². The first-order chi connectivity index (χ1) is 15.3. The summed E-state index contributed by atoms with van der Waals surface area (Å²) in [5, 5.41) is 12.9. The van der Waals surface area contributed by atoms with Gasteiger partial charge in [0.1, 0.15) is 6.04 Å². The molecule has 0 bridgehead atoms. The quantitative estimate of drug-likeness (QED) is 0.619. The first kappa shape index (κ1) is 25.7. The lowest BCUT2D eigenvalue weighted by Crippen LogP contribution is -2.46. The van der Waals surface area contributed by atoms with E-state index in [0.29, 0.717) is 13.0 Å². The van der Waals surface area contributed by atoms with Gasteiger partial charge in [-0.15, -0.1) is 17.9 Å². The summed E-state index contributed by atoms with van der Waals surface area (Å²) in [6, 6.07) is 7.27. The Labute approximate surface area is 194 Å². The van der Waals surface area contributed by atoms with Crippen LogP contribution < -0.4 is 5.32 Å². The lowest BCUT2D eigenvalue weighted by atomic mass is 10.0. The molecule has 3 atom stereocenters. The number of hydrogen-bond donors (Lipinski definition) is 2. The zero-order valence-electron chi connectivity index (χ0n) is 19.2. The standard InChI is InChI=1S/C20H25N3O3S.C4H8O/c1-4-18(25)23-10-16(24)9-17(23)20(26)22-12(2)14-5-7-15(8-6-14)19-13(3)21-11-27-19;1-3-4-5-2/h5-8,11-12,16-17,24H,4,9-10H2,1-3H3,(H,22,26);3H,1,4H2,2H3/t12?,16-,17?;/m1./s1. The number of nitrogens with zero attached hydrogens (tertiary/aromatic N) is 2. The molecule has 3 rings (SSSR count). The van der Waals surface area contributed by atoms with E-state index in [2.05, 4.69) is 21.6 Å². The fourth-order valence-electron chi connectivity index (χ4n) is 3.55. The van der Waals surface area contributed by atoms with Crippen molar-refractivity contribution in [3.63, 3.8) is 0 Å². The van der Waals surface area contributed by atoms with Gasteiger partial charge in [0.2, 0.25) is 11.8 Å². The SMILES string of the molecule is C=CCOC.CCC(=O)N1C[C@H](O)CC1C(=O)NC(C)c1ccc(-c2scnc2C)cc1. The van der Waals surface area contributed by atoms with Gasteiger partial charge in [-0.3, -0.25) is 9.59 Å². The van der Waals surface area contributed by atoms with Crippen molar-refractivity contribution in [3.05, 3.63) is 53.7 Å². The molecule has 0 spiro atoms. The van der Waals surface area contributed by atoms with Crippen LogP contribution in [0.1, 0.15) is 44.0 Å². The average Bonchev–Trinajstić information content (AvgIpc) is 3.39. The number of aryl methyl sites for hydroxylation is 1. The van der Waals surface area contributed by atoms with E-state index in [1.807, 2.05) is 43.6 Å². The van der Waals surface area contributed by atoms with E-state index in [-0.39, 0.29) is 30.8 Å². The number of methoxy groups -OCH3 is 1. The van der Waals surface area contributed by atoms with Crippen LogP contribution in [-0.2, 0) is 14.3 Å². The highest BCUT2D eigenvalue weighted by molar-refractivity contribution is 7.13. The lowest BCUT2D eigenvalue weighted by molar-refractivity contribution is -0.138. The number of aliphatic hydroxyl groups excluding tert-OH is 1. The summed E-state index contributed by atoms with van der Waals surface area (Å²) in [6.07, 6.45) is 1.67. The third kappa shape index (κ3) is 6.72. The highest BCUT2D eigenvalue weighted by atomic mass is 32.1. The first-order valence-corrected chi connectivity index (χ1v) is 11.6. The number of carbonyl (C=O) groups excluding carboxylic acids is 2. The second kappa shape index (κ2) is 12.5. The maximum absolute atomic E-state index is 12.7. The van der Waals surface area contributed by atoms with Crippen molar-refractivity contribution in [1.82, 2.24) is 15.2 Å². The number of rotatable bonds is 7. The number of thiazole rings is 1. The number of carbonyl (C=O) groups is 2. The Morgan fingerprint density at radius 2 is 2.09 bits per heavy atom. The van der Waals surface area contributed by atoms with Gasteiger partial charge in [0.25, 0.3) is 0 Å². The van der Waals surface area contributed by atoms with Crippen LogP contribution in [0.5, 0.6) is 0 Å². The van der Waals surface area contributed by atoms with Crippen molar-refractivity contribution < 1.29 is 19.4 Å². The number of aliphatic hydroxyl groups is 1. The van der Waals surface area contributed by atoms with Gasteiger partial charge in [0.15, 0.2) is 0 Å². The van der Waals surface area contributed by atoms with E-state index in [1.165, 1.54) is 4.90 Å². The van der Waals surface area contributed by atoms with E-state index >= 15 is 0 Å². The minimum Gasteiger partial charge on any atom is -0.391 e. The Morgan fingerprint density at radius 3 is 2.59 bits per heavy atom. The molecule has 1 aliphatic heterocycles. The van der Waals surface area contributed by atoms with Crippen molar-refractivity contribution in [3.8, 4) is 10.4 Å². The van der Waals surface area contributed by atoms with Gasteiger partial charge < -0.3 is 20.1 Å². The van der Waals surface area contributed by atoms with Crippen LogP contribution in [0.4, 0.5) is 0 Å². The van der Waals surface area contributed by atoms with Gasteiger partial charge in [-0.05, 0) is 25.0 Å². The van der Waals surface area contributed by atoms with Gasteiger partial charge >= 0.3 is 0 Å². The molecule has 1 saturated heterocycles. The molecule has 2 amide bonds. The molecule has 0 saturated carbocycles. The van der Waals surface area contributed by atoms with Crippen molar-refractivity contribution in [2.24, 2.45) is 0 Å². The summed E-state index contributed by atoms with van der Waals surface area (Å²) in [7, 11) is 1.64. The van der Waals surface area contributed by atoms with Gasteiger partial charge in [0.05, 0.1) is 34.8 Å². The fourth-order valence-corrected chi connectivity index (χ4v) is 4.37. The number of hydrogen-bond acceptors (Lipinski definition) is 6. The van der Waals surface area contributed by atoms with Crippen LogP contribution in [0.2, 0.25) is 0 Å². The predicted octanol–water partition coefficient (Wildman–Crippen LogP) is 3.49. The summed E-state index contributed by atoms with van der Waals surface area (Å²) in [5.41, 5.74) is 4.94.